The molecule has 1 aliphatic rings. The zero-order valence-corrected chi connectivity index (χ0v) is 9.79. The fraction of sp³-hybridized carbons (Fsp3) is 0.909. The number of rotatable bonds is 7. The van der Waals surface area contributed by atoms with E-state index >= 15 is 0 Å². The molecule has 0 aromatic rings. The maximum Gasteiger partial charge on any atom is 0.144 e. The summed E-state index contributed by atoms with van der Waals surface area (Å²) < 4.78 is 0. The van der Waals surface area contributed by atoms with Crippen LogP contribution in [-0.4, -0.2) is 23.6 Å². The number of nitrogens with two attached hydrogens (primary N) is 1. The van der Waals surface area contributed by atoms with Crippen molar-refractivity contribution in [3.05, 3.63) is 0 Å². The SMILES string of the molecule is CC(C)(CCCCNC1CC1)C(N)=NO. The molecular weight excluding hydrogens is 190 g/mol. The Balaban J connectivity index is 2.06. The molecule has 0 radical (unpaired) electrons. The molecule has 0 bridgehead atoms. The first-order valence-electron chi connectivity index (χ1n) is 5.77. The Hall–Kier alpha value is -0.770. The highest BCUT2D eigenvalue weighted by Crippen LogP contribution is 2.23. The van der Waals surface area contributed by atoms with E-state index in [-0.39, 0.29) is 5.41 Å². The second-order valence-electron chi connectivity index (χ2n) is 5.05. The van der Waals surface area contributed by atoms with Crippen molar-refractivity contribution in [1.29, 1.82) is 0 Å². The van der Waals surface area contributed by atoms with Gasteiger partial charge in [-0.15, -0.1) is 0 Å². The van der Waals surface area contributed by atoms with Crippen LogP contribution in [0, 0.1) is 5.41 Å². The normalized spacial score (nSPS) is 18.1. The largest absolute Gasteiger partial charge is 0.409 e. The minimum absolute atomic E-state index is 0.186. The predicted octanol–water partition coefficient (Wildman–Crippen LogP) is 1.68. The van der Waals surface area contributed by atoms with Crippen molar-refractivity contribution in [1.82, 2.24) is 5.32 Å². The first-order chi connectivity index (χ1) is 7.06. The number of amidine groups is 1. The Morgan fingerprint density at radius 2 is 2.13 bits per heavy atom. The van der Waals surface area contributed by atoms with Crippen molar-refractivity contribution >= 4 is 5.84 Å². The zero-order chi connectivity index (χ0) is 11.3. The fourth-order valence-corrected chi connectivity index (χ4v) is 1.55. The maximum absolute atomic E-state index is 8.60. The molecule has 1 saturated carbocycles. The van der Waals surface area contributed by atoms with E-state index < -0.39 is 0 Å². The highest BCUT2D eigenvalue weighted by atomic mass is 16.4. The van der Waals surface area contributed by atoms with Gasteiger partial charge in [0.1, 0.15) is 5.84 Å². The minimum Gasteiger partial charge on any atom is -0.409 e. The third-order valence-electron chi connectivity index (χ3n) is 3.04. The van der Waals surface area contributed by atoms with Crippen LogP contribution in [0.4, 0.5) is 0 Å². The van der Waals surface area contributed by atoms with Gasteiger partial charge in [0.2, 0.25) is 0 Å². The molecule has 0 aromatic carbocycles. The van der Waals surface area contributed by atoms with Gasteiger partial charge < -0.3 is 16.3 Å². The maximum atomic E-state index is 8.60. The molecule has 0 saturated heterocycles. The first-order valence-corrected chi connectivity index (χ1v) is 5.77. The van der Waals surface area contributed by atoms with E-state index in [0.717, 1.165) is 25.4 Å². The molecule has 0 amide bonds. The lowest BCUT2D eigenvalue weighted by molar-refractivity contribution is 0.304. The lowest BCUT2D eigenvalue weighted by atomic mass is 9.86. The molecule has 0 spiro atoms. The summed E-state index contributed by atoms with van der Waals surface area (Å²) in [6.07, 6.45) is 5.93. The second kappa shape index (κ2) is 5.35. The van der Waals surface area contributed by atoms with Gasteiger partial charge in [0.25, 0.3) is 0 Å². The Morgan fingerprint density at radius 3 is 2.67 bits per heavy atom. The van der Waals surface area contributed by atoms with Gasteiger partial charge in [0.05, 0.1) is 0 Å². The highest BCUT2D eigenvalue weighted by molar-refractivity contribution is 5.85. The van der Waals surface area contributed by atoms with Gasteiger partial charge in [0, 0.05) is 11.5 Å². The zero-order valence-electron chi connectivity index (χ0n) is 9.79. The predicted molar refractivity (Wildman–Crippen MR) is 62.1 cm³/mol. The summed E-state index contributed by atoms with van der Waals surface area (Å²) in [6.45, 7) is 5.11. The van der Waals surface area contributed by atoms with Crippen LogP contribution in [-0.2, 0) is 0 Å². The van der Waals surface area contributed by atoms with Crippen molar-refractivity contribution < 1.29 is 5.21 Å². The van der Waals surface area contributed by atoms with Crippen molar-refractivity contribution in [2.45, 2.75) is 52.0 Å². The van der Waals surface area contributed by atoms with Crippen molar-refractivity contribution in [2.75, 3.05) is 6.54 Å². The van der Waals surface area contributed by atoms with Crippen LogP contribution in [0.5, 0.6) is 0 Å². The number of oxime groups is 1. The molecule has 0 aromatic heterocycles. The van der Waals surface area contributed by atoms with Gasteiger partial charge in [-0.1, -0.05) is 25.4 Å². The van der Waals surface area contributed by atoms with E-state index in [9.17, 15) is 0 Å². The topological polar surface area (TPSA) is 70.6 Å². The van der Waals surface area contributed by atoms with Crippen molar-refractivity contribution in [3.63, 3.8) is 0 Å². The molecule has 4 N–H and O–H groups in total. The van der Waals surface area contributed by atoms with Crippen LogP contribution in [0.15, 0.2) is 5.16 Å². The Morgan fingerprint density at radius 1 is 1.47 bits per heavy atom. The van der Waals surface area contributed by atoms with Crippen molar-refractivity contribution in [2.24, 2.45) is 16.3 Å². The van der Waals surface area contributed by atoms with E-state index in [1.54, 1.807) is 0 Å². The van der Waals surface area contributed by atoms with Gasteiger partial charge in [-0.25, -0.2) is 0 Å². The van der Waals surface area contributed by atoms with Gasteiger partial charge in [-0.05, 0) is 32.2 Å². The summed E-state index contributed by atoms with van der Waals surface area (Å²) in [5, 5.41) is 15.2. The number of hydrogen-bond donors (Lipinski definition) is 3. The van der Waals surface area contributed by atoms with E-state index in [1.807, 2.05) is 13.8 Å². The summed E-state index contributed by atoms with van der Waals surface area (Å²) in [4.78, 5) is 0. The summed E-state index contributed by atoms with van der Waals surface area (Å²) in [6, 6.07) is 0.794. The third-order valence-corrected chi connectivity index (χ3v) is 3.04. The summed E-state index contributed by atoms with van der Waals surface area (Å²) in [5.74, 6) is 0.331. The molecule has 0 atom stereocenters. The molecule has 0 unspecified atom stereocenters. The molecule has 4 nitrogen and oxygen atoms in total. The fourth-order valence-electron chi connectivity index (χ4n) is 1.55. The van der Waals surface area contributed by atoms with Crippen LogP contribution in [0.1, 0.15) is 46.0 Å². The Labute approximate surface area is 91.9 Å². The molecule has 0 heterocycles. The molecular formula is C11H23N3O. The van der Waals surface area contributed by atoms with Crippen LogP contribution in [0.2, 0.25) is 0 Å². The summed E-state index contributed by atoms with van der Waals surface area (Å²) in [7, 11) is 0. The van der Waals surface area contributed by atoms with Gasteiger partial charge in [-0.2, -0.15) is 0 Å². The molecule has 4 heteroatoms. The molecule has 1 fully saturated rings. The van der Waals surface area contributed by atoms with Crippen LogP contribution >= 0.6 is 0 Å². The van der Waals surface area contributed by atoms with Gasteiger partial charge in [-0.3, -0.25) is 0 Å². The molecule has 0 aliphatic heterocycles. The third kappa shape index (κ3) is 4.51. The average Bonchev–Trinajstić information content (AvgIpc) is 2.99. The molecule has 15 heavy (non-hydrogen) atoms. The quantitative estimate of drug-likeness (QED) is 0.198. The van der Waals surface area contributed by atoms with Crippen LogP contribution in [0.25, 0.3) is 0 Å². The van der Waals surface area contributed by atoms with E-state index in [4.69, 9.17) is 10.9 Å². The van der Waals surface area contributed by atoms with E-state index in [0.29, 0.717) is 5.84 Å². The lowest BCUT2D eigenvalue weighted by Crippen LogP contribution is -2.32. The first kappa shape index (κ1) is 12.3. The number of hydrogen-bond acceptors (Lipinski definition) is 3. The number of unbranched alkanes of at least 4 members (excludes halogenated alkanes) is 1. The smallest absolute Gasteiger partial charge is 0.144 e. The van der Waals surface area contributed by atoms with Crippen LogP contribution < -0.4 is 11.1 Å². The Bertz CT molecular complexity index is 222. The Kier molecular flexibility index (Phi) is 4.39. The summed E-state index contributed by atoms with van der Waals surface area (Å²) >= 11 is 0. The van der Waals surface area contributed by atoms with E-state index in [2.05, 4.69) is 10.5 Å². The second-order valence-corrected chi connectivity index (χ2v) is 5.05. The average molecular weight is 213 g/mol. The van der Waals surface area contributed by atoms with Crippen LogP contribution in [0.3, 0.4) is 0 Å². The monoisotopic (exact) mass is 213 g/mol. The number of nitrogens with one attached hydrogen (secondary N) is 1. The minimum atomic E-state index is -0.186. The highest BCUT2D eigenvalue weighted by Gasteiger charge is 2.23. The number of nitrogens with zero attached hydrogens (tertiary/aromatic N) is 1. The van der Waals surface area contributed by atoms with E-state index in [1.165, 1.54) is 19.3 Å². The molecule has 88 valence electrons. The standard InChI is InChI=1S/C11H23N3O/c1-11(2,10(12)14-15)7-3-4-8-13-9-5-6-9/h9,13,15H,3-8H2,1-2H3,(H2,12,14). The van der Waals surface area contributed by atoms with Gasteiger partial charge >= 0.3 is 0 Å². The van der Waals surface area contributed by atoms with Gasteiger partial charge in [0.15, 0.2) is 0 Å². The molecule has 1 rings (SSSR count). The van der Waals surface area contributed by atoms with Crippen molar-refractivity contribution in [3.8, 4) is 0 Å². The summed E-state index contributed by atoms with van der Waals surface area (Å²) in [5.41, 5.74) is 5.42. The molecule has 1 aliphatic carbocycles. The lowest BCUT2D eigenvalue weighted by Gasteiger charge is -2.22.